The van der Waals surface area contributed by atoms with Gasteiger partial charge in [0.05, 0.1) is 12.7 Å². The summed E-state index contributed by atoms with van der Waals surface area (Å²) in [4.78, 5) is 21.0. The number of nitrogens with two attached hydrogens (primary N) is 1. The van der Waals surface area contributed by atoms with Crippen molar-refractivity contribution >= 4 is 17.6 Å². The number of fused-ring (bicyclic) bond motifs is 1. The van der Waals surface area contributed by atoms with Gasteiger partial charge in [-0.15, -0.1) is 0 Å². The highest BCUT2D eigenvalue weighted by Crippen LogP contribution is 2.35. The third-order valence-corrected chi connectivity index (χ3v) is 4.20. The smallest absolute Gasteiger partial charge is 0.413 e. The number of amides is 1. The van der Waals surface area contributed by atoms with Gasteiger partial charge in [-0.05, 0) is 45.9 Å². The zero-order valence-corrected chi connectivity index (χ0v) is 16.1. The van der Waals surface area contributed by atoms with E-state index in [0.717, 1.165) is 0 Å². The summed E-state index contributed by atoms with van der Waals surface area (Å²) < 4.78 is 21.4. The van der Waals surface area contributed by atoms with Crippen molar-refractivity contribution in [2.45, 2.75) is 45.4 Å². The number of rotatable bonds is 1. The van der Waals surface area contributed by atoms with E-state index in [1.807, 2.05) is 6.07 Å². The van der Waals surface area contributed by atoms with E-state index in [4.69, 9.17) is 10.5 Å². The standard InChI is InChI=1S/C19H21FN6O2/c1-18(2,3)28-17(27)24-15-16-23-9-12(8-21)26(16)10-19(4,25-15)13-7-11(22)5-6-14(13)20/h5-7,9H,10,22H2,1-4H3,(H,24,25,27). The van der Waals surface area contributed by atoms with Crippen LogP contribution < -0.4 is 11.1 Å². The van der Waals surface area contributed by atoms with Gasteiger partial charge in [0.25, 0.3) is 0 Å². The first-order valence-corrected chi connectivity index (χ1v) is 8.64. The Labute approximate surface area is 161 Å². The zero-order valence-electron chi connectivity index (χ0n) is 16.1. The fraction of sp³-hybridized carbons (Fsp3) is 0.368. The molecule has 0 aliphatic carbocycles. The first kappa shape index (κ1) is 19.4. The van der Waals surface area contributed by atoms with Crippen LogP contribution in [-0.4, -0.2) is 27.1 Å². The minimum atomic E-state index is -1.12. The van der Waals surface area contributed by atoms with Crippen molar-refractivity contribution in [3.63, 3.8) is 0 Å². The largest absolute Gasteiger partial charge is 0.444 e. The Morgan fingerprint density at radius 2 is 2.18 bits per heavy atom. The van der Waals surface area contributed by atoms with Crippen LogP contribution in [0.3, 0.4) is 0 Å². The number of hydrogen-bond donors (Lipinski definition) is 2. The van der Waals surface area contributed by atoms with Crippen LogP contribution in [0.1, 0.15) is 44.8 Å². The van der Waals surface area contributed by atoms with Crippen LogP contribution >= 0.6 is 0 Å². The number of aliphatic imine (C=N–C) groups is 1. The molecule has 0 bridgehead atoms. The first-order valence-electron chi connectivity index (χ1n) is 8.64. The predicted octanol–water partition coefficient (Wildman–Crippen LogP) is 2.68. The average molecular weight is 384 g/mol. The Balaban J connectivity index is 2.09. The number of ether oxygens (including phenoxy) is 1. The quantitative estimate of drug-likeness (QED) is 0.733. The Hall–Kier alpha value is -3.41. The maximum absolute atomic E-state index is 14.6. The number of anilines is 1. The van der Waals surface area contributed by atoms with Crippen molar-refractivity contribution in [2.75, 3.05) is 5.73 Å². The second-order valence-corrected chi connectivity index (χ2v) is 7.77. The van der Waals surface area contributed by atoms with E-state index in [-0.39, 0.29) is 23.6 Å². The van der Waals surface area contributed by atoms with E-state index < -0.39 is 23.1 Å². The molecule has 0 spiro atoms. The molecule has 1 aliphatic heterocycles. The van der Waals surface area contributed by atoms with Crippen LogP contribution in [0.5, 0.6) is 0 Å². The Bertz CT molecular complexity index is 1010. The lowest BCUT2D eigenvalue weighted by molar-refractivity contribution is 0.0562. The number of aromatic nitrogens is 2. The monoisotopic (exact) mass is 384 g/mol. The van der Waals surface area contributed by atoms with Crippen LogP contribution in [0, 0.1) is 17.1 Å². The lowest BCUT2D eigenvalue weighted by Crippen LogP contribution is -2.44. The maximum Gasteiger partial charge on any atom is 0.413 e. The van der Waals surface area contributed by atoms with Gasteiger partial charge in [0, 0.05) is 11.3 Å². The molecule has 1 aromatic heterocycles. The highest BCUT2D eigenvalue weighted by molar-refractivity contribution is 6.05. The summed E-state index contributed by atoms with van der Waals surface area (Å²) in [6, 6.07) is 6.26. The third-order valence-electron chi connectivity index (χ3n) is 4.20. The van der Waals surface area contributed by atoms with Crippen molar-refractivity contribution in [3.8, 4) is 6.07 Å². The van der Waals surface area contributed by atoms with E-state index in [1.54, 1.807) is 32.3 Å². The van der Waals surface area contributed by atoms with Gasteiger partial charge in [0.1, 0.15) is 28.7 Å². The van der Waals surface area contributed by atoms with Crippen LogP contribution in [0.2, 0.25) is 0 Å². The molecule has 1 amide bonds. The molecule has 1 aromatic carbocycles. The number of halogens is 1. The van der Waals surface area contributed by atoms with Crippen LogP contribution in [0.15, 0.2) is 29.4 Å². The number of carbonyl (C=O) groups is 1. The number of carbonyl (C=O) groups excluding carboxylic acids is 1. The van der Waals surface area contributed by atoms with Gasteiger partial charge in [-0.25, -0.2) is 14.2 Å². The second kappa shape index (κ2) is 6.64. The molecule has 28 heavy (non-hydrogen) atoms. The summed E-state index contributed by atoms with van der Waals surface area (Å²) >= 11 is 0. The second-order valence-electron chi connectivity index (χ2n) is 7.77. The summed E-state index contributed by atoms with van der Waals surface area (Å²) in [5.74, 6) is -0.102. The highest BCUT2D eigenvalue weighted by atomic mass is 19.1. The number of nitrogens with zero attached hydrogens (tertiary/aromatic N) is 4. The molecule has 0 saturated heterocycles. The fourth-order valence-corrected chi connectivity index (χ4v) is 3.04. The number of nitrogen functional groups attached to an aromatic ring is 1. The molecule has 0 fully saturated rings. The van der Waals surface area contributed by atoms with E-state index in [0.29, 0.717) is 11.5 Å². The molecule has 0 saturated carbocycles. The van der Waals surface area contributed by atoms with Gasteiger partial charge < -0.3 is 15.0 Å². The van der Waals surface area contributed by atoms with Crippen LogP contribution in [0.25, 0.3) is 0 Å². The number of amidine groups is 1. The molecule has 1 unspecified atom stereocenters. The number of hydrogen-bond acceptors (Lipinski definition) is 6. The van der Waals surface area contributed by atoms with Crippen molar-refractivity contribution < 1.29 is 13.9 Å². The fourth-order valence-electron chi connectivity index (χ4n) is 3.04. The molecule has 2 aromatic rings. The van der Waals surface area contributed by atoms with Crippen molar-refractivity contribution in [2.24, 2.45) is 4.99 Å². The molecule has 2 heterocycles. The van der Waals surface area contributed by atoms with E-state index in [2.05, 4.69) is 15.3 Å². The van der Waals surface area contributed by atoms with Crippen LogP contribution in [-0.2, 0) is 16.8 Å². The summed E-state index contributed by atoms with van der Waals surface area (Å²) in [5.41, 5.74) is 4.90. The number of benzene rings is 1. The third kappa shape index (κ3) is 3.67. The molecule has 1 aliphatic rings. The maximum atomic E-state index is 14.6. The minimum Gasteiger partial charge on any atom is -0.444 e. The average Bonchev–Trinajstić information content (AvgIpc) is 2.98. The molecule has 8 nitrogen and oxygen atoms in total. The zero-order chi connectivity index (χ0) is 20.7. The molecule has 3 rings (SSSR count). The van der Waals surface area contributed by atoms with Gasteiger partial charge in [-0.3, -0.25) is 10.3 Å². The first-order chi connectivity index (χ1) is 13.0. The van der Waals surface area contributed by atoms with Crippen molar-refractivity contribution in [1.29, 1.82) is 5.26 Å². The summed E-state index contributed by atoms with van der Waals surface area (Å²) in [6.07, 6.45) is 0.653. The molecule has 9 heteroatoms. The number of nitrogens with one attached hydrogen (secondary N) is 1. The van der Waals surface area contributed by atoms with Crippen molar-refractivity contribution in [3.05, 3.63) is 47.3 Å². The lowest BCUT2D eigenvalue weighted by atomic mass is 9.90. The number of alkyl carbamates (subject to hydrolysis) is 1. The number of imidazole rings is 1. The van der Waals surface area contributed by atoms with Gasteiger partial charge >= 0.3 is 6.09 Å². The summed E-state index contributed by atoms with van der Waals surface area (Å²) in [5, 5.41) is 12.0. The SMILES string of the molecule is CC(C)(C)OC(=O)NC1=NC(C)(c2cc(N)ccc2F)Cn2c(C#N)cnc21. The molecule has 1 atom stereocenters. The molecular weight excluding hydrogens is 363 g/mol. The van der Waals surface area contributed by atoms with E-state index in [1.165, 1.54) is 24.4 Å². The van der Waals surface area contributed by atoms with Gasteiger partial charge in [0.2, 0.25) is 0 Å². The summed E-state index contributed by atoms with van der Waals surface area (Å²) in [6.45, 7) is 7.06. The molecule has 0 radical (unpaired) electrons. The summed E-state index contributed by atoms with van der Waals surface area (Å²) in [7, 11) is 0. The Morgan fingerprint density at radius 1 is 1.46 bits per heavy atom. The van der Waals surface area contributed by atoms with E-state index in [9.17, 15) is 14.4 Å². The van der Waals surface area contributed by atoms with Gasteiger partial charge in [0.15, 0.2) is 11.7 Å². The molecular formula is C19H21FN6O2. The topological polar surface area (TPSA) is 118 Å². The van der Waals surface area contributed by atoms with Crippen LogP contribution in [0.4, 0.5) is 14.9 Å². The minimum absolute atomic E-state index is 0.0892. The number of nitriles is 1. The van der Waals surface area contributed by atoms with E-state index >= 15 is 0 Å². The normalized spacial score (nSPS) is 18.6. The van der Waals surface area contributed by atoms with Gasteiger partial charge in [-0.2, -0.15) is 5.26 Å². The lowest BCUT2D eigenvalue weighted by Gasteiger charge is -2.33. The predicted molar refractivity (Wildman–Crippen MR) is 101 cm³/mol. The molecule has 3 N–H and O–H groups in total. The Kier molecular flexibility index (Phi) is 4.59. The Morgan fingerprint density at radius 3 is 2.82 bits per heavy atom. The van der Waals surface area contributed by atoms with Crippen molar-refractivity contribution in [1.82, 2.24) is 14.9 Å². The molecule has 146 valence electrons. The highest BCUT2D eigenvalue weighted by Gasteiger charge is 2.37. The van der Waals surface area contributed by atoms with Gasteiger partial charge in [-0.1, -0.05) is 0 Å².